The molecule has 0 saturated carbocycles. The van der Waals surface area contributed by atoms with Crippen LogP contribution in [0, 0.1) is 17.8 Å². The molecule has 27 heavy (non-hydrogen) atoms. The van der Waals surface area contributed by atoms with Gasteiger partial charge in [0.2, 0.25) is 0 Å². The van der Waals surface area contributed by atoms with Crippen molar-refractivity contribution in [3.05, 3.63) is 23.8 Å². The van der Waals surface area contributed by atoms with Crippen LogP contribution >= 0.6 is 0 Å². The normalized spacial score (nSPS) is 14.1. The van der Waals surface area contributed by atoms with Gasteiger partial charge in [0.05, 0.1) is 0 Å². The molecule has 0 aliphatic heterocycles. The molecular weight excluding hydrogens is 336 g/mol. The van der Waals surface area contributed by atoms with Crippen molar-refractivity contribution in [1.29, 1.82) is 0 Å². The van der Waals surface area contributed by atoms with E-state index in [9.17, 15) is 9.59 Å². The summed E-state index contributed by atoms with van der Waals surface area (Å²) in [5, 5.41) is 0. The van der Waals surface area contributed by atoms with Gasteiger partial charge in [-0.25, -0.2) is 9.59 Å². The minimum atomic E-state index is -0.656. The highest BCUT2D eigenvalue weighted by molar-refractivity contribution is 5.98. The zero-order valence-electron chi connectivity index (χ0n) is 18.6. The van der Waals surface area contributed by atoms with Gasteiger partial charge in [-0.1, -0.05) is 84.8 Å². The Labute approximate surface area is 167 Å². The van der Waals surface area contributed by atoms with E-state index >= 15 is 0 Å². The molecular formula is C24H42O3. The lowest BCUT2D eigenvalue weighted by atomic mass is 9.91. The molecule has 0 rings (SSSR count). The fraction of sp³-hybridized carbons (Fsp3) is 0.750. The van der Waals surface area contributed by atoms with E-state index in [1.807, 2.05) is 6.92 Å². The van der Waals surface area contributed by atoms with Crippen LogP contribution in [0.5, 0.6) is 0 Å². The number of ether oxygens (including phenoxy) is 1. The fourth-order valence-electron chi connectivity index (χ4n) is 3.19. The molecule has 0 fully saturated rings. The van der Waals surface area contributed by atoms with E-state index < -0.39 is 11.9 Å². The van der Waals surface area contributed by atoms with Crippen molar-refractivity contribution in [2.75, 3.05) is 0 Å². The topological polar surface area (TPSA) is 43.4 Å². The van der Waals surface area contributed by atoms with Crippen LogP contribution in [0.1, 0.15) is 99.3 Å². The SMILES string of the molecule is C=C(C)C(=O)OC(=O)/C=C(\C)CCC[C@H](C)CCC[C@H](C)CCCC(C)C. The molecule has 3 nitrogen and oxygen atoms in total. The van der Waals surface area contributed by atoms with Crippen LogP contribution in [-0.4, -0.2) is 11.9 Å². The highest BCUT2D eigenvalue weighted by Gasteiger charge is 2.10. The van der Waals surface area contributed by atoms with E-state index in [0.717, 1.165) is 36.2 Å². The maximum absolute atomic E-state index is 11.6. The van der Waals surface area contributed by atoms with E-state index in [1.54, 1.807) is 0 Å². The standard InChI is InChI=1S/C24H42O3/c1-18(2)11-8-12-20(5)13-9-14-21(6)15-10-16-22(7)17-23(25)27-24(26)19(3)4/h17-18,20-21H,3,8-16H2,1-2,4-7H3/b22-17+/t20-,21-/m1/s1. The number of hydrogen-bond donors (Lipinski definition) is 0. The van der Waals surface area contributed by atoms with Crippen LogP contribution in [0.4, 0.5) is 0 Å². The van der Waals surface area contributed by atoms with E-state index in [-0.39, 0.29) is 5.57 Å². The van der Waals surface area contributed by atoms with E-state index in [0.29, 0.717) is 0 Å². The quantitative estimate of drug-likeness (QED) is 0.185. The number of esters is 2. The minimum Gasteiger partial charge on any atom is -0.386 e. The van der Waals surface area contributed by atoms with E-state index in [1.165, 1.54) is 57.9 Å². The third kappa shape index (κ3) is 15.4. The molecule has 0 saturated heterocycles. The highest BCUT2D eigenvalue weighted by Crippen LogP contribution is 2.22. The first kappa shape index (κ1) is 25.6. The summed E-state index contributed by atoms with van der Waals surface area (Å²) in [4.78, 5) is 22.9. The molecule has 2 atom stereocenters. The van der Waals surface area contributed by atoms with Crippen LogP contribution in [0.25, 0.3) is 0 Å². The number of allylic oxidation sites excluding steroid dienone is 1. The average molecular weight is 379 g/mol. The Hall–Kier alpha value is -1.38. The summed E-state index contributed by atoms with van der Waals surface area (Å²) in [6, 6.07) is 0. The maximum atomic E-state index is 11.6. The van der Waals surface area contributed by atoms with Crippen LogP contribution in [0.3, 0.4) is 0 Å². The first-order valence-electron chi connectivity index (χ1n) is 10.7. The third-order valence-corrected chi connectivity index (χ3v) is 5.05. The summed E-state index contributed by atoms with van der Waals surface area (Å²) in [6.45, 7) is 16.2. The Balaban J connectivity index is 3.87. The molecule has 0 aromatic heterocycles. The summed E-state index contributed by atoms with van der Waals surface area (Å²) >= 11 is 0. The Morgan fingerprint density at radius 1 is 0.852 bits per heavy atom. The number of carbonyl (C=O) groups excluding carboxylic acids is 2. The highest BCUT2D eigenvalue weighted by atomic mass is 16.6. The van der Waals surface area contributed by atoms with Crippen molar-refractivity contribution >= 4 is 11.9 Å². The van der Waals surface area contributed by atoms with Crippen LogP contribution < -0.4 is 0 Å². The molecule has 0 aromatic carbocycles. The molecule has 0 unspecified atom stereocenters. The lowest BCUT2D eigenvalue weighted by Gasteiger charge is -2.15. The molecule has 0 aromatic rings. The van der Waals surface area contributed by atoms with Crippen molar-refractivity contribution < 1.29 is 14.3 Å². The molecule has 0 aliphatic rings. The van der Waals surface area contributed by atoms with Gasteiger partial charge in [-0.05, 0) is 44.4 Å². The second kappa shape index (κ2) is 14.6. The lowest BCUT2D eigenvalue weighted by Crippen LogP contribution is -2.10. The monoisotopic (exact) mass is 378 g/mol. The minimum absolute atomic E-state index is 0.234. The van der Waals surface area contributed by atoms with Gasteiger partial charge in [-0.15, -0.1) is 0 Å². The predicted octanol–water partition coefficient (Wildman–Crippen LogP) is 7.02. The van der Waals surface area contributed by atoms with Gasteiger partial charge in [0.15, 0.2) is 0 Å². The smallest absolute Gasteiger partial charge is 0.340 e. The molecule has 3 heteroatoms. The van der Waals surface area contributed by atoms with Gasteiger partial charge in [-0.3, -0.25) is 0 Å². The summed E-state index contributed by atoms with van der Waals surface area (Å²) < 4.78 is 4.67. The second-order valence-corrected chi connectivity index (χ2v) is 8.84. The van der Waals surface area contributed by atoms with Crippen molar-refractivity contribution in [1.82, 2.24) is 0 Å². The third-order valence-electron chi connectivity index (χ3n) is 5.05. The van der Waals surface area contributed by atoms with Crippen molar-refractivity contribution in [3.63, 3.8) is 0 Å². The fourth-order valence-corrected chi connectivity index (χ4v) is 3.19. The molecule has 0 N–H and O–H groups in total. The van der Waals surface area contributed by atoms with Gasteiger partial charge < -0.3 is 4.74 Å². The number of rotatable bonds is 14. The molecule has 0 spiro atoms. The Bertz CT molecular complexity index is 488. The Morgan fingerprint density at radius 2 is 1.33 bits per heavy atom. The molecule has 0 bridgehead atoms. The van der Waals surface area contributed by atoms with Crippen molar-refractivity contribution in [3.8, 4) is 0 Å². The molecule has 0 aliphatic carbocycles. The largest absolute Gasteiger partial charge is 0.386 e. The van der Waals surface area contributed by atoms with Crippen molar-refractivity contribution in [2.24, 2.45) is 17.8 Å². The second-order valence-electron chi connectivity index (χ2n) is 8.84. The Kier molecular flexibility index (Phi) is 13.9. The van der Waals surface area contributed by atoms with Gasteiger partial charge in [-0.2, -0.15) is 0 Å². The summed E-state index contributed by atoms with van der Waals surface area (Å²) in [6.07, 6.45) is 12.5. The molecule has 0 radical (unpaired) electrons. The van der Waals surface area contributed by atoms with Crippen LogP contribution in [0.2, 0.25) is 0 Å². The van der Waals surface area contributed by atoms with Crippen LogP contribution in [0.15, 0.2) is 23.8 Å². The van der Waals surface area contributed by atoms with E-state index in [2.05, 4.69) is 39.0 Å². The van der Waals surface area contributed by atoms with Gasteiger partial charge in [0, 0.05) is 11.6 Å². The first-order chi connectivity index (χ1) is 12.6. The van der Waals surface area contributed by atoms with Gasteiger partial charge in [0.25, 0.3) is 0 Å². The maximum Gasteiger partial charge on any atom is 0.340 e. The summed E-state index contributed by atoms with van der Waals surface area (Å²) in [7, 11) is 0. The molecule has 156 valence electrons. The van der Waals surface area contributed by atoms with E-state index in [4.69, 9.17) is 0 Å². The molecule has 0 heterocycles. The Morgan fingerprint density at radius 3 is 1.81 bits per heavy atom. The van der Waals surface area contributed by atoms with Crippen molar-refractivity contribution in [2.45, 2.75) is 99.3 Å². The number of carbonyl (C=O) groups is 2. The first-order valence-corrected chi connectivity index (χ1v) is 10.7. The lowest BCUT2D eigenvalue weighted by molar-refractivity contribution is -0.153. The number of hydrogen-bond acceptors (Lipinski definition) is 3. The zero-order valence-corrected chi connectivity index (χ0v) is 18.6. The summed E-state index contributed by atoms with van der Waals surface area (Å²) in [5.41, 5.74) is 1.19. The zero-order chi connectivity index (χ0) is 20.8. The van der Waals surface area contributed by atoms with Gasteiger partial charge >= 0.3 is 11.9 Å². The summed E-state index contributed by atoms with van der Waals surface area (Å²) in [5.74, 6) is 1.13. The average Bonchev–Trinajstić information content (AvgIpc) is 2.54. The molecule has 0 amide bonds. The predicted molar refractivity (Wildman–Crippen MR) is 114 cm³/mol. The van der Waals surface area contributed by atoms with Crippen LogP contribution in [-0.2, 0) is 14.3 Å². The van der Waals surface area contributed by atoms with Gasteiger partial charge in [0.1, 0.15) is 0 Å².